The molecule has 3 heterocycles. The van der Waals surface area contributed by atoms with Gasteiger partial charge in [0.15, 0.2) is 0 Å². The number of benzene rings is 1. The lowest BCUT2D eigenvalue weighted by Crippen LogP contribution is -2.30. The molecular formula is C21H25N3. The van der Waals surface area contributed by atoms with Crippen LogP contribution in [-0.4, -0.2) is 34.0 Å². The molecule has 1 aliphatic heterocycles. The summed E-state index contributed by atoms with van der Waals surface area (Å²) in [6.45, 7) is 7.07. The fraction of sp³-hybridized carbons (Fsp3) is 0.381. The van der Waals surface area contributed by atoms with Gasteiger partial charge in [0, 0.05) is 53.1 Å². The zero-order chi connectivity index (χ0) is 16.5. The highest BCUT2D eigenvalue weighted by Gasteiger charge is 2.22. The maximum absolute atomic E-state index is 4.23. The molecule has 1 unspecified atom stereocenters. The summed E-state index contributed by atoms with van der Waals surface area (Å²) < 4.78 is 0. The maximum Gasteiger partial charge on any atom is 0.0456 e. The summed E-state index contributed by atoms with van der Waals surface area (Å²) in [5.74, 6) is 0.528. The quantitative estimate of drug-likeness (QED) is 0.748. The summed E-state index contributed by atoms with van der Waals surface area (Å²) in [6.07, 6.45) is 6.42. The van der Waals surface area contributed by atoms with E-state index in [-0.39, 0.29) is 0 Å². The molecule has 0 aliphatic carbocycles. The zero-order valence-corrected chi connectivity index (χ0v) is 14.5. The SMILES string of the molecule is CC(CN1CCC[C@H]1C)c1cc2cc(-c3cccnc3)ccc2[nH]1. The molecule has 1 saturated heterocycles. The number of pyridine rings is 1. The zero-order valence-electron chi connectivity index (χ0n) is 14.5. The molecule has 24 heavy (non-hydrogen) atoms. The molecule has 1 N–H and O–H groups in total. The van der Waals surface area contributed by atoms with Gasteiger partial charge in [0.1, 0.15) is 0 Å². The smallest absolute Gasteiger partial charge is 0.0456 e. The van der Waals surface area contributed by atoms with Crippen LogP contribution in [0, 0.1) is 0 Å². The lowest BCUT2D eigenvalue weighted by Gasteiger charge is -2.24. The molecule has 3 heteroatoms. The number of nitrogens with zero attached hydrogens (tertiary/aromatic N) is 2. The van der Waals surface area contributed by atoms with E-state index in [9.17, 15) is 0 Å². The van der Waals surface area contributed by atoms with Crippen LogP contribution in [0.5, 0.6) is 0 Å². The minimum absolute atomic E-state index is 0.528. The van der Waals surface area contributed by atoms with E-state index in [2.05, 4.69) is 59.0 Å². The lowest BCUT2D eigenvalue weighted by molar-refractivity contribution is 0.255. The summed E-state index contributed by atoms with van der Waals surface area (Å²) in [5.41, 5.74) is 4.95. The Labute approximate surface area is 143 Å². The predicted molar refractivity (Wildman–Crippen MR) is 100 cm³/mol. The first-order chi connectivity index (χ1) is 11.7. The van der Waals surface area contributed by atoms with E-state index >= 15 is 0 Å². The van der Waals surface area contributed by atoms with Crippen LogP contribution < -0.4 is 0 Å². The molecule has 0 radical (unpaired) electrons. The molecule has 0 amide bonds. The van der Waals surface area contributed by atoms with Gasteiger partial charge < -0.3 is 9.88 Å². The number of nitrogens with one attached hydrogen (secondary N) is 1. The minimum Gasteiger partial charge on any atom is -0.358 e. The van der Waals surface area contributed by atoms with Crippen molar-refractivity contribution in [1.29, 1.82) is 0 Å². The Morgan fingerprint density at radius 2 is 2.17 bits per heavy atom. The number of aromatic amines is 1. The molecule has 3 aromatic rings. The monoisotopic (exact) mass is 319 g/mol. The van der Waals surface area contributed by atoms with Crippen LogP contribution in [0.3, 0.4) is 0 Å². The molecule has 2 atom stereocenters. The van der Waals surface area contributed by atoms with Crippen LogP contribution in [0.1, 0.15) is 38.3 Å². The molecule has 0 bridgehead atoms. The third-order valence-corrected chi connectivity index (χ3v) is 5.37. The van der Waals surface area contributed by atoms with E-state index in [1.165, 1.54) is 47.1 Å². The summed E-state index contributed by atoms with van der Waals surface area (Å²) in [5, 5.41) is 1.28. The van der Waals surface area contributed by atoms with Gasteiger partial charge in [-0.15, -0.1) is 0 Å². The van der Waals surface area contributed by atoms with E-state index < -0.39 is 0 Å². The molecule has 1 aliphatic rings. The average molecular weight is 319 g/mol. The van der Waals surface area contributed by atoms with E-state index in [1.807, 2.05) is 18.5 Å². The number of rotatable bonds is 4. The molecule has 0 saturated carbocycles. The molecule has 4 rings (SSSR count). The van der Waals surface area contributed by atoms with Crippen molar-refractivity contribution >= 4 is 10.9 Å². The summed E-state index contributed by atoms with van der Waals surface area (Å²) in [7, 11) is 0. The van der Waals surface area contributed by atoms with Gasteiger partial charge >= 0.3 is 0 Å². The number of aromatic nitrogens is 2. The Balaban J connectivity index is 1.59. The average Bonchev–Trinajstić information content (AvgIpc) is 3.21. The Kier molecular flexibility index (Phi) is 4.11. The van der Waals surface area contributed by atoms with E-state index in [4.69, 9.17) is 0 Å². The molecule has 1 aromatic carbocycles. The molecular weight excluding hydrogens is 294 g/mol. The van der Waals surface area contributed by atoms with Crippen LogP contribution in [0.2, 0.25) is 0 Å². The highest BCUT2D eigenvalue weighted by Crippen LogP contribution is 2.28. The van der Waals surface area contributed by atoms with Crippen molar-refractivity contribution in [1.82, 2.24) is 14.9 Å². The van der Waals surface area contributed by atoms with Crippen molar-refractivity contribution in [3.05, 3.63) is 54.5 Å². The molecule has 0 spiro atoms. The Morgan fingerprint density at radius 3 is 2.92 bits per heavy atom. The van der Waals surface area contributed by atoms with Crippen molar-refractivity contribution in [3.8, 4) is 11.1 Å². The first-order valence-corrected chi connectivity index (χ1v) is 8.98. The number of H-pyrrole nitrogens is 1. The second kappa shape index (κ2) is 6.40. The van der Waals surface area contributed by atoms with Crippen molar-refractivity contribution in [2.75, 3.05) is 13.1 Å². The summed E-state index contributed by atoms with van der Waals surface area (Å²) >= 11 is 0. The highest BCUT2D eigenvalue weighted by molar-refractivity contribution is 5.85. The van der Waals surface area contributed by atoms with Gasteiger partial charge in [0.25, 0.3) is 0 Å². The number of hydrogen-bond donors (Lipinski definition) is 1. The minimum atomic E-state index is 0.528. The predicted octanol–water partition coefficient (Wildman–Crippen LogP) is 4.82. The first kappa shape index (κ1) is 15.4. The van der Waals surface area contributed by atoms with Gasteiger partial charge in [-0.1, -0.05) is 19.1 Å². The van der Waals surface area contributed by atoms with Gasteiger partial charge in [-0.3, -0.25) is 4.98 Å². The van der Waals surface area contributed by atoms with E-state index in [1.54, 1.807) is 0 Å². The van der Waals surface area contributed by atoms with E-state index in [0.717, 1.165) is 12.6 Å². The van der Waals surface area contributed by atoms with Crippen molar-refractivity contribution in [2.45, 2.75) is 38.6 Å². The van der Waals surface area contributed by atoms with Crippen molar-refractivity contribution in [2.24, 2.45) is 0 Å². The lowest BCUT2D eigenvalue weighted by atomic mass is 10.0. The van der Waals surface area contributed by atoms with Crippen LogP contribution in [0.4, 0.5) is 0 Å². The normalized spacial score (nSPS) is 19.8. The highest BCUT2D eigenvalue weighted by atomic mass is 15.2. The maximum atomic E-state index is 4.23. The summed E-state index contributed by atoms with van der Waals surface area (Å²) in [4.78, 5) is 10.5. The molecule has 1 fully saturated rings. The van der Waals surface area contributed by atoms with E-state index in [0.29, 0.717) is 5.92 Å². The van der Waals surface area contributed by atoms with Crippen molar-refractivity contribution < 1.29 is 0 Å². The Bertz CT molecular complexity index is 821. The second-order valence-corrected chi connectivity index (χ2v) is 7.16. The Hall–Kier alpha value is -2.13. The van der Waals surface area contributed by atoms with Gasteiger partial charge in [-0.05, 0) is 56.1 Å². The largest absolute Gasteiger partial charge is 0.358 e. The van der Waals surface area contributed by atoms with Crippen LogP contribution in [0.25, 0.3) is 22.0 Å². The van der Waals surface area contributed by atoms with Gasteiger partial charge in [-0.2, -0.15) is 0 Å². The van der Waals surface area contributed by atoms with Crippen LogP contribution in [0.15, 0.2) is 48.8 Å². The third kappa shape index (κ3) is 2.96. The Morgan fingerprint density at radius 1 is 1.25 bits per heavy atom. The number of hydrogen-bond acceptors (Lipinski definition) is 2. The van der Waals surface area contributed by atoms with Crippen molar-refractivity contribution in [3.63, 3.8) is 0 Å². The van der Waals surface area contributed by atoms with Crippen LogP contribution in [-0.2, 0) is 0 Å². The topological polar surface area (TPSA) is 31.9 Å². The molecule has 3 nitrogen and oxygen atoms in total. The number of likely N-dealkylation sites (tertiary alicyclic amines) is 1. The van der Waals surface area contributed by atoms with Gasteiger partial charge in [0.2, 0.25) is 0 Å². The fourth-order valence-electron chi connectivity index (χ4n) is 3.85. The van der Waals surface area contributed by atoms with Gasteiger partial charge in [0.05, 0.1) is 0 Å². The molecule has 2 aromatic heterocycles. The van der Waals surface area contributed by atoms with Gasteiger partial charge in [-0.25, -0.2) is 0 Å². The standard InChI is InChI=1S/C21H25N3/c1-15(14-24-10-4-5-16(24)2)21-12-19-11-17(7-8-20(19)23-21)18-6-3-9-22-13-18/h3,6-9,11-13,15-16,23H,4-5,10,14H2,1-2H3/t15?,16-/m1/s1. The van der Waals surface area contributed by atoms with Crippen LogP contribution >= 0.6 is 0 Å². The fourth-order valence-corrected chi connectivity index (χ4v) is 3.85. The second-order valence-electron chi connectivity index (χ2n) is 7.16. The third-order valence-electron chi connectivity index (χ3n) is 5.37. The summed E-state index contributed by atoms with van der Waals surface area (Å²) in [6, 6.07) is 13.8. The number of fused-ring (bicyclic) bond motifs is 1. The molecule has 124 valence electrons. The first-order valence-electron chi connectivity index (χ1n) is 8.98.